The van der Waals surface area contributed by atoms with Crippen LogP contribution in [0.15, 0.2) is 29.2 Å². The van der Waals surface area contributed by atoms with Gasteiger partial charge in [-0.05, 0) is 51.8 Å². The Hall–Kier alpha value is -2.56. The second-order valence-electron chi connectivity index (χ2n) is 9.29. The fraction of sp³-hybridized carbons (Fsp3) is 0.520. The second-order valence-corrected chi connectivity index (χ2v) is 11.6. The van der Waals surface area contributed by atoms with E-state index >= 15 is 0 Å². The van der Waals surface area contributed by atoms with Gasteiger partial charge >= 0.3 is 5.97 Å². The van der Waals surface area contributed by atoms with Gasteiger partial charge in [0.1, 0.15) is 10.5 Å². The first-order chi connectivity index (χ1) is 17.1. The molecule has 3 heterocycles. The van der Waals surface area contributed by atoms with Crippen LogP contribution < -0.4 is 4.90 Å². The number of halogens is 1. The van der Waals surface area contributed by atoms with Gasteiger partial charge < -0.3 is 19.5 Å². The summed E-state index contributed by atoms with van der Waals surface area (Å²) in [5, 5.41) is 0.675. The standard InChI is InChI=1S/C25H33ClN4O5S/c1-4-35-25(32)22-17(2)27-18(3)23(22)36(33,34)30-10-6-7-19(16-30)24(31)29-13-11-28(12-14-29)21-9-5-8-20(26)15-21/h5,8-9,15,19,27H,4,6-7,10-14,16H2,1-3H3/t19-/m1/s1. The van der Waals surface area contributed by atoms with Crippen molar-refractivity contribution in [2.45, 2.75) is 38.5 Å². The van der Waals surface area contributed by atoms with Gasteiger partial charge in [-0.2, -0.15) is 4.31 Å². The molecular formula is C25H33ClN4O5S. The molecule has 0 radical (unpaired) electrons. The van der Waals surface area contributed by atoms with E-state index in [0.717, 1.165) is 5.69 Å². The number of benzene rings is 1. The zero-order valence-corrected chi connectivity index (χ0v) is 22.5. The summed E-state index contributed by atoms with van der Waals surface area (Å²) < 4.78 is 33.8. The van der Waals surface area contributed by atoms with Crippen molar-refractivity contribution in [3.63, 3.8) is 0 Å². The van der Waals surface area contributed by atoms with Crippen molar-refractivity contribution in [2.24, 2.45) is 5.92 Å². The number of hydrogen-bond acceptors (Lipinski definition) is 6. The van der Waals surface area contributed by atoms with Gasteiger partial charge in [0.15, 0.2) is 0 Å². The molecule has 36 heavy (non-hydrogen) atoms. The number of esters is 1. The van der Waals surface area contributed by atoms with Crippen LogP contribution in [-0.2, 0) is 19.6 Å². The third-order valence-corrected chi connectivity index (χ3v) is 9.17. The molecule has 2 aromatic rings. The minimum Gasteiger partial charge on any atom is -0.462 e. The van der Waals surface area contributed by atoms with E-state index in [9.17, 15) is 18.0 Å². The first kappa shape index (κ1) is 26.5. The number of hydrogen-bond donors (Lipinski definition) is 1. The molecule has 0 saturated carbocycles. The zero-order chi connectivity index (χ0) is 26.0. The maximum Gasteiger partial charge on any atom is 0.341 e. The van der Waals surface area contributed by atoms with Crippen molar-refractivity contribution < 1.29 is 22.7 Å². The maximum absolute atomic E-state index is 13.7. The van der Waals surface area contributed by atoms with Crippen LogP contribution in [0.25, 0.3) is 0 Å². The molecule has 196 valence electrons. The molecule has 0 bridgehead atoms. The molecule has 2 fully saturated rings. The third-order valence-electron chi connectivity index (χ3n) is 6.89. The molecular weight excluding hydrogens is 504 g/mol. The first-order valence-electron chi connectivity index (χ1n) is 12.3. The number of sulfonamides is 1. The van der Waals surface area contributed by atoms with Gasteiger partial charge in [-0.3, -0.25) is 4.79 Å². The van der Waals surface area contributed by atoms with Gasteiger partial charge in [-0.15, -0.1) is 0 Å². The maximum atomic E-state index is 13.7. The van der Waals surface area contributed by atoms with E-state index in [4.69, 9.17) is 16.3 Å². The highest BCUT2D eigenvalue weighted by Gasteiger charge is 2.39. The number of nitrogens with one attached hydrogen (secondary N) is 1. The summed E-state index contributed by atoms with van der Waals surface area (Å²) in [6.07, 6.45) is 1.21. The largest absolute Gasteiger partial charge is 0.462 e. The Bertz CT molecular complexity index is 1240. The lowest BCUT2D eigenvalue weighted by atomic mass is 9.97. The van der Waals surface area contributed by atoms with Gasteiger partial charge in [0.25, 0.3) is 0 Å². The molecule has 11 heteroatoms. The average molecular weight is 537 g/mol. The molecule has 2 aliphatic rings. The highest BCUT2D eigenvalue weighted by Crippen LogP contribution is 2.31. The number of anilines is 1. The quantitative estimate of drug-likeness (QED) is 0.569. The van der Waals surface area contributed by atoms with E-state index in [0.29, 0.717) is 62.0 Å². The molecule has 0 aliphatic carbocycles. The number of carbonyl (C=O) groups excluding carboxylic acids is 2. The van der Waals surface area contributed by atoms with Gasteiger partial charge in [-0.25, -0.2) is 13.2 Å². The summed E-state index contributed by atoms with van der Waals surface area (Å²) in [7, 11) is -4.00. The van der Waals surface area contributed by atoms with Crippen molar-refractivity contribution in [3.8, 4) is 0 Å². The van der Waals surface area contributed by atoms with E-state index in [1.54, 1.807) is 20.8 Å². The molecule has 1 N–H and O–H groups in total. The summed E-state index contributed by atoms with van der Waals surface area (Å²) in [4.78, 5) is 32.9. The van der Waals surface area contributed by atoms with E-state index in [-0.39, 0.29) is 29.5 Å². The number of piperidine rings is 1. The lowest BCUT2D eigenvalue weighted by molar-refractivity contribution is -0.137. The Morgan fingerprint density at radius 1 is 1.11 bits per heavy atom. The van der Waals surface area contributed by atoms with Gasteiger partial charge in [-0.1, -0.05) is 17.7 Å². The predicted octanol–water partition coefficient (Wildman–Crippen LogP) is 3.21. The van der Waals surface area contributed by atoms with Crippen LogP contribution in [0.3, 0.4) is 0 Å². The molecule has 0 spiro atoms. The van der Waals surface area contributed by atoms with Crippen LogP contribution in [0.2, 0.25) is 5.02 Å². The van der Waals surface area contributed by atoms with Crippen LogP contribution in [0.4, 0.5) is 5.69 Å². The molecule has 1 atom stereocenters. The number of aromatic amines is 1. The molecule has 0 unspecified atom stereocenters. The topological polar surface area (TPSA) is 103 Å². The van der Waals surface area contributed by atoms with Crippen molar-refractivity contribution in [2.75, 3.05) is 50.8 Å². The summed E-state index contributed by atoms with van der Waals surface area (Å²) in [6.45, 7) is 8.02. The number of H-pyrrole nitrogens is 1. The molecule has 2 saturated heterocycles. The zero-order valence-electron chi connectivity index (χ0n) is 20.9. The number of ether oxygens (including phenoxy) is 1. The minimum atomic E-state index is -4.00. The van der Waals surface area contributed by atoms with E-state index in [1.165, 1.54) is 4.31 Å². The fourth-order valence-corrected chi connectivity index (χ4v) is 7.26. The molecule has 4 rings (SSSR count). The van der Waals surface area contributed by atoms with Gasteiger partial charge in [0.2, 0.25) is 15.9 Å². The Balaban J connectivity index is 1.46. The van der Waals surface area contributed by atoms with Crippen molar-refractivity contribution in [1.82, 2.24) is 14.2 Å². The number of piperazine rings is 1. The number of rotatable bonds is 6. The Kier molecular flexibility index (Phi) is 7.96. The number of carbonyl (C=O) groups is 2. The lowest BCUT2D eigenvalue weighted by Gasteiger charge is -2.39. The Morgan fingerprint density at radius 2 is 1.83 bits per heavy atom. The summed E-state index contributed by atoms with van der Waals surface area (Å²) in [5.74, 6) is -1.11. The van der Waals surface area contributed by atoms with Gasteiger partial charge in [0, 0.05) is 61.4 Å². The molecule has 1 amide bonds. The van der Waals surface area contributed by atoms with Crippen LogP contribution in [-0.4, -0.2) is 80.4 Å². The third kappa shape index (κ3) is 5.26. The highest BCUT2D eigenvalue weighted by molar-refractivity contribution is 7.89. The van der Waals surface area contributed by atoms with Gasteiger partial charge in [0.05, 0.1) is 12.5 Å². The van der Waals surface area contributed by atoms with Crippen molar-refractivity contribution in [3.05, 3.63) is 46.2 Å². The number of nitrogens with zero attached hydrogens (tertiary/aromatic N) is 3. The number of aryl methyl sites for hydroxylation is 2. The number of aromatic nitrogens is 1. The predicted molar refractivity (Wildman–Crippen MR) is 138 cm³/mol. The second kappa shape index (κ2) is 10.8. The van der Waals surface area contributed by atoms with E-state index < -0.39 is 21.9 Å². The van der Waals surface area contributed by atoms with Crippen molar-refractivity contribution >= 4 is 39.2 Å². The normalized spacial score (nSPS) is 19.4. The fourth-order valence-electron chi connectivity index (χ4n) is 5.14. The average Bonchev–Trinajstić information content (AvgIpc) is 3.18. The summed E-state index contributed by atoms with van der Waals surface area (Å²) >= 11 is 6.12. The Morgan fingerprint density at radius 3 is 2.50 bits per heavy atom. The first-order valence-corrected chi connectivity index (χ1v) is 14.1. The minimum absolute atomic E-state index is 0.0202. The monoisotopic (exact) mass is 536 g/mol. The molecule has 1 aromatic heterocycles. The smallest absolute Gasteiger partial charge is 0.341 e. The van der Waals surface area contributed by atoms with Crippen LogP contribution >= 0.6 is 11.6 Å². The molecule has 1 aromatic carbocycles. The lowest BCUT2D eigenvalue weighted by Crippen LogP contribution is -2.53. The molecule has 9 nitrogen and oxygen atoms in total. The van der Waals surface area contributed by atoms with Crippen LogP contribution in [0.1, 0.15) is 41.5 Å². The highest BCUT2D eigenvalue weighted by atomic mass is 35.5. The summed E-state index contributed by atoms with van der Waals surface area (Å²) in [5.41, 5.74) is 1.91. The van der Waals surface area contributed by atoms with E-state index in [1.807, 2.05) is 29.2 Å². The van der Waals surface area contributed by atoms with Crippen LogP contribution in [0, 0.1) is 19.8 Å². The Labute approximate surface area is 217 Å². The van der Waals surface area contributed by atoms with Crippen molar-refractivity contribution in [1.29, 1.82) is 0 Å². The molecule has 2 aliphatic heterocycles. The number of amides is 1. The summed E-state index contributed by atoms with van der Waals surface area (Å²) in [6, 6.07) is 7.66. The SMILES string of the molecule is CCOC(=O)c1c(C)[nH]c(C)c1S(=O)(=O)N1CCC[C@@H](C(=O)N2CCN(c3cccc(Cl)c3)CC2)C1. The van der Waals surface area contributed by atoms with Crippen LogP contribution in [0.5, 0.6) is 0 Å². The van der Waals surface area contributed by atoms with E-state index in [2.05, 4.69) is 9.88 Å².